The van der Waals surface area contributed by atoms with E-state index in [1.54, 1.807) is 16.4 Å². The summed E-state index contributed by atoms with van der Waals surface area (Å²) in [5.74, 6) is 0.852. The van der Waals surface area contributed by atoms with Gasteiger partial charge in [-0.3, -0.25) is 4.68 Å². The van der Waals surface area contributed by atoms with Crippen molar-refractivity contribution in [3.05, 3.63) is 47.2 Å². The van der Waals surface area contributed by atoms with Crippen LogP contribution in [0, 0.1) is 0 Å². The average molecular weight is 239 g/mol. The van der Waals surface area contributed by atoms with E-state index in [4.69, 9.17) is 11.6 Å². The van der Waals surface area contributed by atoms with E-state index in [-0.39, 0.29) is 0 Å². The largest absolute Gasteiger partial charge is 0.257 e. The maximum absolute atomic E-state index is 5.90. The minimum absolute atomic E-state index is 0.679. The second kappa shape index (κ2) is 4.73. The van der Waals surface area contributed by atoms with Crippen molar-refractivity contribution >= 4 is 23.4 Å². The summed E-state index contributed by atoms with van der Waals surface area (Å²) in [7, 11) is 1.85. The number of thioether (sulfide) groups is 1. The Kier molecular flexibility index (Phi) is 3.34. The van der Waals surface area contributed by atoms with Crippen molar-refractivity contribution in [1.29, 1.82) is 0 Å². The molecule has 0 aliphatic heterocycles. The fraction of sp³-hybridized carbons (Fsp3) is 0.182. The van der Waals surface area contributed by atoms with Gasteiger partial charge in [0.15, 0.2) is 0 Å². The van der Waals surface area contributed by atoms with Crippen LogP contribution >= 0.6 is 23.4 Å². The van der Waals surface area contributed by atoms with Crippen molar-refractivity contribution in [3.8, 4) is 0 Å². The number of benzene rings is 1. The lowest BCUT2D eigenvalue weighted by Crippen LogP contribution is -1.90. The fourth-order valence-corrected chi connectivity index (χ4v) is 2.21. The van der Waals surface area contributed by atoms with Crippen molar-refractivity contribution in [2.24, 2.45) is 7.05 Å². The van der Waals surface area contributed by atoms with E-state index in [1.807, 2.05) is 31.3 Å². The van der Waals surface area contributed by atoms with E-state index in [9.17, 15) is 0 Å². The Balaban J connectivity index is 1.99. The topological polar surface area (TPSA) is 17.8 Å². The second-order valence-electron chi connectivity index (χ2n) is 3.18. The van der Waals surface area contributed by atoms with Crippen LogP contribution < -0.4 is 0 Å². The molecule has 1 aromatic heterocycles. The van der Waals surface area contributed by atoms with Gasteiger partial charge in [-0.1, -0.05) is 29.8 Å². The molecule has 0 N–H and O–H groups in total. The third-order valence-electron chi connectivity index (χ3n) is 2.00. The first-order valence-electron chi connectivity index (χ1n) is 4.62. The molecule has 2 nitrogen and oxygen atoms in total. The van der Waals surface area contributed by atoms with Crippen LogP contribution in [-0.4, -0.2) is 9.78 Å². The molecule has 0 aliphatic carbocycles. The van der Waals surface area contributed by atoms with Crippen LogP contribution in [0.2, 0.25) is 5.15 Å². The monoisotopic (exact) mass is 238 g/mol. The van der Waals surface area contributed by atoms with E-state index in [0.717, 1.165) is 11.4 Å². The highest BCUT2D eigenvalue weighted by Crippen LogP contribution is 2.22. The lowest BCUT2D eigenvalue weighted by atomic mass is 10.4. The molecule has 0 spiro atoms. The predicted molar refractivity (Wildman–Crippen MR) is 64.2 cm³/mol. The molecule has 0 amide bonds. The molecular weight excluding hydrogens is 228 g/mol. The summed E-state index contributed by atoms with van der Waals surface area (Å²) in [6, 6.07) is 12.2. The maximum Gasteiger partial charge on any atom is 0.127 e. The highest BCUT2D eigenvalue weighted by molar-refractivity contribution is 7.98. The Morgan fingerprint density at radius 1 is 1.33 bits per heavy atom. The summed E-state index contributed by atoms with van der Waals surface area (Å²) in [5, 5.41) is 4.97. The van der Waals surface area contributed by atoms with Crippen LogP contribution in [0.3, 0.4) is 0 Å². The summed E-state index contributed by atoms with van der Waals surface area (Å²) >= 11 is 7.66. The van der Waals surface area contributed by atoms with Crippen LogP contribution in [0.4, 0.5) is 0 Å². The molecule has 2 aromatic rings. The predicted octanol–water partition coefficient (Wildman–Crippen LogP) is 3.37. The van der Waals surface area contributed by atoms with Gasteiger partial charge in [0.2, 0.25) is 0 Å². The maximum atomic E-state index is 5.90. The first-order chi connectivity index (χ1) is 7.25. The van der Waals surface area contributed by atoms with Gasteiger partial charge in [-0.2, -0.15) is 5.10 Å². The van der Waals surface area contributed by atoms with Crippen LogP contribution in [0.1, 0.15) is 5.69 Å². The Hall–Kier alpha value is -0.930. The Morgan fingerprint density at radius 3 is 2.67 bits per heavy atom. The summed E-state index contributed by atoms with van der Waals surface area (Å²) in [5.41, 5.74) is 1.01. The second-order valence-corrected chi connectivity index (χ2v) is 4.62. The van der Waals surface area contributed by atoms with Gasteiger partial charge in [0.05, 0.1) is 5.69 Å². The van der Waals surface area contributed by atoms with Gasteiger partial charge in [-0.25, -0.2) is 0 Å². The molecular formula is C11H11ClN2S. The van der Waals surface area contributed by atoms with E-state index < -0.39 is 0 Å². The standard InChI is InChI=1S/C11H11ClN2S/c1-14-11(12)7-9(13-14)8-15-10-5-3-2-4-6-10/h2-7H,8H2,1H3. The third-order valence-corrected chi connectivity index (χ3v) is 3.40. The number of rotatable bonds is 3. The first kappa shape index (κ1) is 10.6. The SMILES string of the molecule is Cn1nc(CSc2ccccc2)cc1Cl. The fourth-order valence-electron chi connectivity index (χ4n) is 1.24. The van der Waals surface area contributed by atoms with Crippen LogP contribution in [0.5, 0.6) is 0 Å². The number of aromatic nitrogens is 2. The van der Waals surface area contributed by atoms with Gasteiger partial charge in [0, 0.05) is 17.7 Å². The number of halogens is 1. The summed E-state index contributed by atoms with van der Waals surface area (Å²) in [4.78, 5) is 1.25. The molecule has 0 aliphatic rings. The molecule has 0 unspecified atom stereocenters. The van der Waals surface area contributed by atoms with Gasteiger partial charge < -0.3 is 0 Å². The molecule has 0 fully saturated rings. The summed E-state index contributed by atoms with van der Waals surface area (Å²) in [6.07, 6.45) is 0. The van der Waals surface area contributed by atoms with Gasteiger partial charge in [0.25, 0.3) is 0 Å². The smallest absolute Gasteiger partial charge is 0.127 e. The van der Waals surface area contributed by atoms with Crippen LogP contribution in [-0.2, 0) is 12.8 Å². The molecule has 15 heavy (non-hydrogen) atoms. The van der Waals surface area contributed by atoms with Gasteiger partial charge in [0.1, 0.15) is 5.15 Å². The Morgan fingerprint density at radius 2 is 2.07 bits per heavy atom. The molecule has 1 aromatic carbocycles. The van der Waals surface area contributed by atoms with Crippen molar-refractivity contribution in [1.82, 2.24) is 9.78 Å². The highest BCUT2D eigenvalue weighted by Gasteiger charge is 2.02. The van der Waals surface area contributed by atoms with Crippen molar-refractivity contribution in [3.63, 3.8) is 0 Å². The van der Waals surface area contributed by atoms with E-state index in [1.165, 1.54) is 4.90 Å². The molecule has 78 valence electrons. The highest BCUT2D eigenvalue weighted by atomic mass is 35.5. The zero-order chi connectivity index (χ0) is 10.7. The summed E-state index contributed by atoms with van der Waals surface area (Å²) < 4.78 is 1.68. The zero-order valence-corrected chi connectivity index (χ0v) is 9.92. The minimum atomic E-state index is 0.679. The van der Waals surface area contributed by atoms with Gasteiger partial charge in [-0.15, -0.1) is 11.8 Å². The Bertz CT molecular complexity index is 420. The Labute approximate surface area is 98.3 Å². The van der Waals surface area contributed by atoms with Crippen LogP contribution in [0.25, 0.3) is 0 Å². The van der Waals surface area contributed by atoms with Crippen molar-refractivity contribution in [2.75, 3.05) is 0 Å². The molecule has 0 atom stereocenters. The molecule has 1 heterocycles. The van der Waals surface area contributed by atoms with Gasteiger partial charge >= 0.3 is 0 Å². The van der Waals surface area contributed by atoms with Crippen molar-refractivity contribution in [2.45, 2.75) is 10.6 Å². The summed E-state index contributed by atoms with van der Waals surface area (Å²) in [6.45, 7) is 0. The minimum Gasteiger partial charge on any atom is -0.257 e. The number of aryl methyl sites for hydroxylation is 1. The molecule has 0 saturated carbocycles. The molecule has 0 saturated heterocycles. The normalized spacial score (nSPS) is 10.5. The number of hydrogen-bond donors (Lipinski definition) is 0. The molecule has 2 rings (SSSR count). The first-order valence-corrected chi connectivity index (χ1v) is 5.98. The quantitative estimate of drug-likeness (QED) is 0.763. The number of hydrogen-bond acceptors (Lipinski definition) is 2. The number of nitrogens with zero attached hydrogens (tertiary/aromatic N) is 2. The molecule has 0 bridgehead atoms. The molecule has 0 radical (unpaired) electrons. The zero-order valence-electron chi connectivity index (χ0n) is 8.35. The van der Waals surface area contributed by atoms with Crippen LogP contribution in [0.15, 0.2) is 41.3 Å². The van der Waals surface area contributed by atoms with E-state index in [2.05, 4.69) is 17.2 Å². The lowest BCUT2D eigenvalue weighted by molar-refractivity contribution is 0.755. The van der Waals surface area contributed by atoms with Crippen molar-refractivity contribution < 1.29 is 0 Å². The lowest BCUT2D eigenvalue weighted by Gasteiger charge is -1.97. The molecule has 4 heteroatoms. The van der Waals surface area contributed by atoms with E-state index >= 15 is 0 Å². The third kappa shape index (κ3) is 2.76. The van der Waals surface area contributed by atoms with Gasteiger partial charge in [-0.05, 0) is 18.2 Å². The van der Waals surface area contributed by atoms with E-state index in [0.29, 0.717) is 5.15 Å². The average Bonchev–Trinajstić information content (AvgIpc) is 2.57.